The summed E-state index contributed by atoms with van der Waals surface area (Å²) in [5.41, 5.74) is 0. The molecule has 0 amide bonds. The molecule has 0 aliphatic rings. The Hall–Kier alpha value is 1.95. The van der Waals surface area contributed by atoms with Crippen molar-refractivity contribution in [1.82, 2.24) is 0 Å². The summed E-state index contributed by atoms with van der Waals surface area (Å²) in [5.74, 6) is 0. The number of hydrogen-bond acceptors (Lipinski definition) is 10. The fourth-order valence-corrected chi connectivity index (χ4v) is 7.05. The normalized spacial score (nSPS) is 8.94. The quantitative estimate of drug-likeness (QED) is 0.424. The summed E-state index contributed by atoms with van der Waals surface area (Å²) < 4.78 is 4.70. The van der Waals surface area contributed by atoms with Crippen LogP contribution in [0.3, 0.4) is 0 Å². The SMILES string of the molecule is S=c1sc([S-])c([S-])s1.S=c1sc([S-])c([S-])s1.[Cr+4]. The minimum Gasteiger partial charge on any atom is -0.429 e. The molecular weight excluding hydrogens is 445 g/mol. The van der Waals surface area contributed by atoms with Gasteiger partial charge in [-0.25, -0.2) is 0 Å². The van der Waals surface area contributed by atoms with Gasteiger partial charge in [-0.05, 0) is 6.28 Å². The molecule has 90 valence electrons. The number of rotatable bonds is 0. The average Bonchev–Trinajstić information content (AvgIpc) is 2.58. The van der Waals surface area contributed by atoms with E-state index in [1.165, 1.54) is 45.3 Å². The molecule has 0 aliphatic carbocycles. The fraction of sp³-hybridized carbons (Fsp3) is 0. The van der Waals surface area contributed by atoms with E-state index in [4.69, 9.17) is 75.0 Å². The zero-order valence-corrected chi connectivity index (χ0v) is 16.9. The summed E-state index contributed by atoms with van der Waals surface area (Å²) in [7, 11) is 0. The van der Waals surface area contributed by atoms with Gasteiger partial charge in [0, 0.05) is 0 Å². The van der Waals surface area contributed by atoms with E-state index in [1.807, 2.05) is 0 Å². The third-order valence-corrected chi connectivity index (χ3v) is 8.11. The van der Waals surface area contributed by atoms with Crippen molar-refractivity contribution in [3.63, 3.8) is 0 Å². The van der Waals surface area contributed by atoms with Gasteiger partial charge in [0.05, 0.1) is 0 Å². The topological polar surface area (TPSA) is 0 Å². The Labute approximate surface area is 158 Å². The summed E-state index contributed by atoms with van der Waals surface area (Å²) in [5, 5.41) is 0. The minimum absolute atomic E-state index is 0. The molecule has 17 heavy (non-hydrogen) atoms. The molecule has 0 nitrogen and oxygen atoms in total. The summed E-state index contributed by atoms with van der Waals surface area (Å²) in [6, 6.07) is 0. The van der Waals surface area contributed by atoms with Crippen molar-refractivity contribution in [2.24, 2.45) is 0 Å². The molecule has 2 aromatic heterocycles. The van der Waals surface area contributed by atoms with E-state index in [1.54, 1.807) is 0 Å². The predicted octanol–water partition coefficient (Wildman–Crippen LogP) is 4.70. The third-order valence-electron chi connectivity index (χ3n) is 1.04. The molecular formula is C6CrS10. The molecule has 2 rings (SSSR count). The van der Waals surface area contributed by atoms with Crippen LogP contribution in [0.1, 0.15) is 0 Å². The second-order valence-corrected chi connectivity index (χ2v) is 11.2. The largest absolute Gasteiger partial charge is 4.00 e. The average molecular weight is 445 g/mol. The van der Waals surface area contributed by atoms with Crippen LogP contribution in [0, 0.1) is 6.28 Å². The maximum atomic E-state index is 4.83. The van der Waals surface area contributed by atoms with Gasteiger partial charge >= 0.3 is 17.4 Å². The summed E-state index contributed by atoms with van der Waals surface area (Å²) in [6.07, 6.45) is 0. The van der Waals surface area contributed by atoms with Crippen LogP contribution in [0.5, 0.6) is 0 Å². The Kier molecular flexibility index (Phi) is 10.0. The van der Waals surface area contributed by atoms with Crippen LogP contribution in [0.2, 0.25) is 0 Å². The monoisotopic (exact) mass is 444 g/mol. The van der Waals surface area contributed by atoms with Crippen LogP contribution in [-0.2, 0) is 67.9 Å². The van der Waals surface area contributed by atoms with Crippen LogP contribution >= 0.6 is 69.8 Å². The molecule has 11 heteroatoms. The second kappa shape index (κ2) is 8.99. The van der Waals surface area contributed by atoms with Crippen molar-refractivity contribution in [2.75, 3.05) is 0 Å². The standard InChI is InChI=1S/2C3H2S5.Cr/c2*4-1-2(5)8-3(6)7-1;/h2*4-5H;/q;;+4/p-4. The zero-order chi connectivity index (χ0) is 12.3. The van der Waals surface area contributed by atoms with Crippen LogP contribution in [0.25, 0.3) is 0 Å². The molecule has 0 atom stereocenters. The van der Waals surface area contributed by atoms with Crippen molar-refractivity contribution in [2.45, 2.75) is 16.8 Å². The Morgan fingerprint density at radius 1 is 0.588 bits per heavy atom. The van der Waals surface area contributed by atoms with Crippen molar-refractivity contribution in [1.29, 1.82) is 0 Å². The van der Waals surface area contributed by atoms with E-state index in [2.05, 4.69) is 0 Å². The van der Waals surface area contributed by atoms with Gasteiger partial charge in [-0.2, -0.15) is 0 Å². The fourth-order valence-electron chi connectivity index (χ4n) is 0.511. The van der Waals surface area contributed by atoms with Gasteiger partial charge in [0.1, 0.15) is 0 Å². The van der Waals surface area contributed by atoms with Crippen molar-refractivity contribution in [3.8, 4) is 0 Å². The summed E-state index contributed by atoms with van der Waals surface area (Å²) >= 11 is 34.6. The molecule has 0 spiro atoms. The first-order valence-corrected chi connectivity index (χ1v) is 9.07. The first-order chi connectivity index (χ1) is 7.40. The van der Waals surface area contributed by atoms with Crippen LogP contribution < -0.4 is 0 Å². The number of hydrogen-bond donors (Lipinski definition) is 0. The molecule has 0 unspecified atom stereocenters. The molecule has 0 saturated heterocycles. The Morgan fingerprint density at radius 2 is 0.765 bits per heavy atom. The van der Waals surface area contributed by atoms with E-state index in [0.29, 0.717) is 0 Å². The second-order valence-electron chi connectivity index (χ2n) is 2.06. The van der Waals surface area contributed by atoms with Crippen LogP contribution in [0.15, 0.2) is 16.8 Å². The first-order valence-electron chi connectivity index (χ1n) is 3.36. The molecule has 0 saturated carbocycles. The van der Waals surface area contributed by atoms with E-state index >= 15 is 0 Å². The van der Waals surface area contributed by atoms with Crippen LogP contribution in [-0.4, -0.2) is 0 Å². The third kappa shape index (κ3) is 6.78. The molecule has 0 aromatic carbocycles. The van der Waals surface area contributed by atoms with Crippen molar-refractivity contribution < 1.29 is 17.4 Å². The Morgan fingerprint density at radius 3 is 0.824 bits per heavy atom. The smallest absolute Gasteiger partial charge is 0.429 e. The molecule has 0 bridgehead atoms. The maximum absolute atomic E-state index is 4.83. The van der Waals surface area contributed by atoms with E-state index in [-0.39, 0.29) is 17.4 Å². The van der Waals surface area contributed by atoms with E-state index < -0.39 is 0 Å². The van der Waals surface area contributed by atoms with Gasteiger partial charge in [-0.1, -0.05) is 0 Å². The van der Waals surface area contributed by atoms with Gasteiger partial charge in [-0.15, -0.1) is 41.3 Å². The molecule has 0 radical (unpaired) electrons. The van der Waals surface area contributed by atoms with Gasteiger partial charge < -0.3 is 95.9 Å². The molecule has 0 fully saturated rings. The molecule has 0 N–H and O–H groups in total. The molecule has 2 heterocycles. The minimum atomic E-state index is 0. The zero-order valence-electron chi connectivity index (χ0n) is 7.49. The van der Waals surface area contributed by atoms with Gasteiger partial charge in [0.15, 0.2) is 0 Å². The Bertz CT molecular complexity index is 473. The molecule has 0 aliphatic heterocycles. The van der Waals surface area contributed by atoms with E-state index in [0.717, 1.165) is 23.1 Å². The predicted molar refractivity (Wildman–Crippen MR) is 88.6 cm³/mol. The molecule has 2 aromatic rings. The first kappa shape index (κ1) is 19.0. The Balaban J connectivity index is 0.000000284. The van der Waals surface area contributed by atoms with Gasteiger partial charge in [0.2, 0.25) is 0 Å². The van der Waals surface area contributed by atoms with Crippen molar-refractivity contribution in [3.05, 3.63) is 6.28 Å². The van der Waals surface area contributed by atoms with Gasteiger partial charge in [-0.3, -0.25) is 0 Å². The van der Waals surface area contributed by atoms with E-state index in [9.17, 15) is 0 Å². The summed E-state index contributed by atoms with van der Waals surface area (Å²) in [6.45, 7) is 0. The van der Waals surface area contributed by atoms with Crippen LogP contribution in [0.4, 0.5) is 0 Å². The van der Waals surface area contributed by atoms with Gasteiger partial charge in [0.25, 0.3) is 0 Å². The van der Waals surface area contributed by atoms with Crippen molar-refractivity contribution >= 4 is 120 Å². The summed E-state index contributed by atoms with van der Waals surface area (Å²) in [4.78, 5) is 0. The maximum Gasteiger partial charge on any atom is 4.00 e.